The van der Waals surface area contributed by atoms with E-state index in [1.54, 1.807) is 14.0 Å². The topological polar surface area (TPSA) is 58.4 Å². The van der Waals surface area contributed by atoms with Crippen molar-refractivity contribution in [2.24, 2.45) is 5.73 Å². The molecule has 5 heteroatoms. The van der Waals surface area contributed by atoms with Crippen molar-refractivity contribution >= 4 is 23.2 Å². The lowest BCUT2D eigenvalue weighted by molar-refractivity contribution is 0.205. The average molecular weight is 203 g/mol. The number of nitrogens with zero attached hydrogens (tertiary/aromatic N) is 1. The fraction of sp³-hybridized carbons (Fsp3) is 0.750. The van der Waals surface area contributed by atoms with Crippen molar-refractivity contribution in [3.8, 4) is 0 Å². The molecule has 0 aromatic carbocycles. The lowest BCUT2D eigenvalue weighted by Gasteiger charge is -2.23. The monoisotopic (exact) mass is 203 g/mol. The molecule has 0 fully saturated rings. The summed E-state index contributed by atoms with van der Waals surface area (Å²) in [4.78, 5) is 13.2. The van der Waals surface area contributed by atoms with E-state index in [1.165, 1.54) is 4.90 Å². The molecule has 0 aliphatic rings. The van der Waals surface area contributed by atoms with Gasteiger partial charge in [-0.2, -0.15) is 0 Å². The normalized spacial score (nSPS) is 11.9. The zero-order chi connectivity index (χ0) is 10.4. The van der Waals surface area contributed by atoms with Crippen LogP contribution >= 0.6 is 12.2 Å². The van der Waals surface area contributed by atoms with Crippen molar-refractivity contribution in [1.29, 1.82) is 0 Å². The first-order chi connectivity index (χ1) is 6.00. The Hall–Kier alpha value is -0.840. The van der Waals surface area contributed by atoms with Gasteiger partial charge in [-0.25, -0.2) is 4.79 Å². The summed E-state index contributed by atoms with van der Waals surface area (Å²) in [6.07, 6.45) is 0.918. The van der Waals surface area contributed by atoms with Crippen molar-refractivity contribution in [3.63, 3.8) is 0 Å². The van der Waals surface area contributed by atoms with Gasteiger partial charge in [-0.05, 0) is 13.3 Å². The first kappa shape index (κ1) is 12.2. The van der Waals surface area contributed by atoms with Crippen LogP contribution in [0.4, 0.5) is 4.79 Å². The van der Waals surface area contributed by atoms with Crippen LogP contribution in [-0.4, -0.2) is 35.6 Å². The van der Waals surface area contributed by atoms with Gasteiger partial charge in [0, 0.05) is 13.6 Å². The number of hydrogen-bond donors (Lipinski definition) is 2. The Kier molecular flexibility index (Phi) is 5.37. The molecule has 0 spiro atoms. The van der Waals surface area contributed by atoms with Crippen LogP contribution in [0.3, 0.4) is 0 Å². The van der Waals surface area contributed by atoms with Gasteiger partial charge >= 0.3 is 6.03 Å². The van der Waals surface area contributed by atoms with E-state index in [2.05, 4.69) is 5.32 Å². The van der Waals surface area contributed by atoms with Crippen LogP contribution < -0.4 is 11.1 Å². The minimum Gasteiger partial charge on any atom is -0.392 e. The number of thiocarbonyl (C=S) groups is 1. The third kappa shape index (κ3) is 4.07. The minimum atomic E-state index is -0.202. The molecule has 2 amide bonds. The van der Waals surface area contributed by atoms with Gasteiger partial charge in [-0.3, -0.25) is 0 Å². The summed E-state index contributed by atoms with van der Waals surface area (Å²) in [5, 5.41) is 2.74. The van der Waals surface area contributed by atoms with Crippen LogP contribution in [0.15, 0.2) is 0 Å². The second-order valence-electron chi connectivity index (χ2n) is 2.92. The fourth-order valence-corrected chi connectivity index (χ4v) is 0.881. The van der Waals surface area contributed by atoms with E-state index in [4.69, 9.17) is 18.0 Å². The number of nitrogens with one attached hydrogen (secondary N) is 1. The molecule has 13 heavy (non-hydrogen) atoms. The van der Waals surface area contributed by atoms with Crippen molar-refractivity contribution in [3.05, 3.63) is 0 Å². The van der Waals surface area contributed by atoms with E-state index < -0.39 is 0 Å². The maximum absolute atomic E-state index is 11.3. The van der Waals surface area contributed by atoms with Crippen molar-refractivity contribution in [1.82, 2.24) is 10.2 Å². The molecular weight excluding hydrogens is 186 g/mol. The summed E-state index contributed by atoms with van der Waals surface area (Å²) < 4.78 is 0. The summed E-state index contributed by atoms with van der Waals surface area (Å²) in [6, 6.07) is -0.339. The number of urea groups is 1. The molecule has 0 aromatic rings. The Morgan fingerprint density at radius 2 is 2.23 bits per heavy atom. The Morgan fingerprint density at radius 1 is 1.69 bits per heavy atom. The Morgan fingerprint density at radius 3 is 2.62 bits per heavy atom. The van der Waals surface area contributed by atoms with Gasteiger partial charge in [0.25, 0.3) is 0 Å². The molecule has 0 aliphatic carbocycles. The third-order valence-corrected chi connectivity index (χ3v) is 2.18. The maximum atomic E-state index is 11.3. The molecule has 4 nitrogen and oxygen atoms in total. The molecule has 1 atom stereocenters. The highest BCUT2D eigenvalue weighted by molar-refractivity contribution is 7.80. The van der Waals surface area contributed by atoms with Gasteiger partial charge in [0.15, 0.2) is 0 Å². The van der Waals surface area contributed by atoms with Gasteiger partial charge in [0.2, 0.25) is 0 Å². The Labute approximate surface area is 84.5 Å². The molecule has 0 radical (unpaired) electrons. The summed E-state index contributed by atoms with van der Waals surface area (Å²) >= 11 is 4.78. The van der Waals surface area contributed by atoms with Crippen LogP contribution in [0, 0.1) is 0 Å². The van der Waals surface area contributed by atoms with Gasteiger partial charge in [-0.15, -0.1) is 0 Å². The van der Waals surface area contributed by atoms with Crippen LogP contribution in [0.2, 0.25) is 0 Å². The fourth-order valence-electron chi connectivity index (χ4n) is 0.723. The number of likely N-dealkylation sites (N-methyl/N-ethyl adjacent to an activating group) is 1. The van der Waals surface area contributed by atoms with E-state index in [0.717, 1.165) is 6.42 Å². The standard InChI is InChI=1S/C8H17N3OS/c1-4-5-10-8(12)11(3)6(2)7(9)13/h6H,4-5H2,1-3H3,(H2,9,13)(H,10,12). The predicted octanol–water partition coefficient (Wildman–Crippen LogP) is 0.712. The molecule has 0 saturated heterocycles. The van der Waals surface area contributed by atoms with Crippen LogP contribution in [-0.2, 0) is 0 Å². The molecule has 0 heterocycles. The second-order valence-corrected chi connectivity index (χ2v) is 3.39. The van der Waals surface area contributed by atoms with E-state index in [1.807, 2.05) is 6.92 Å². The van der Waals surface area contributed by atoms with Crippen molar-refractivity contribution in [2.45, 2.75) is 26.3 Å². The van der Waals surface area contributed by atoms with Gasteiger partial charge < -0.3 is 16.0 Å². The minimum absolute atomic E-state index is 0.137. The summed E-state index contributed by atoms with van der Waals surface area (Å²) in [5.41, 5.74) is 5.41. The maximum Gasteiger partial charge on any atom is 0.317 e. The molecule has 0 aliphatic heterocycles. The molecular formula is C8H17N3OS. The van der Waals surface area contributed by atoms with Gasteiger partial charge in [0.1, 0.15) is 0 Å². The number of rotatable bonds is 4. The number of carbonyl (C=O) groups excluding carboxylic acids is 1. The van der Waals surface area contributed by atoms with Gasteiger partial charge in [0.05, 0.1) is 11.0 Å². The largest absolute Gasteiger partial charge is 0.392 e. The quantitative estimate of drug-likeness (QED) is 0.662. The summed E-state index contributed by atoms with van der Waals surface area (Å²) in [5.74, 6) is 0. The number of hydrogen-bond acceptors (Lipinski definition) is 2. The number of nitrogens with two attached hydrogens (primary N) is 1. The SMILES string of the molecule is CCCNC(=O)N(C)C(C)C(N)=S. The highest BCUT2D eigenvalue weighted by Gasteiger charge is 2.16. The van der Waals surface area contributed by atoms with Crippen molar-refractivity contribution in [2.75, 3.05) is 13.6 Å². The van der Waals surface area contributed by atoms with Crippen LogP contribution in [0.1, 0.15) is 20.3 Å². The van der Waals surface area contributed by atoms with E-state index in [9.17, 15) is 4.79 Å². The predicted molar refractivity (Wildman–Crippen MR) is 57.7 cm³/mol. The van der Waals surface area contributed by atoms with E-state index in [-0.39, 0.29) is 12.1 Å². The molecule has 0 saturated carbocycles. The second kappa shape index (κ2) is 5.75. The molecule has 3 N–H and O–H groups in total. The van der Waals surface area contributed by atoms with Crippen LogP contribution in [0.25, 0.3) is 0 Å². The Bertz CT molecular complexity index is 196. The van der Waals surface area contributed by atoms with Gasteiger partial charge in [-0.1, -0.05) is 19.1 Å². The zero-order valence-electron chi connectivity index (χ0n) is 8.33. The molecule has 0 bridgehead atoms. The third-order valence-electron chi connectivity index (χ3n) is 1.84. The first-order valence-corrected chi connectivity index (χ1v) is 4.71. The van der Waals surface area contributed by atoms with Crippen LogP contribution in [0.5, 0.6) is 0 Å². The lowest BCUT2D eigenvalue weighted by atomic mass is 10.3. The van der Waals surface area contributed by atoms with Crippen molar-refractivity contribution < 1.29 is 4.79 Å². The summed E-state index contributed by atoms with van der Waals surface area (Å²) in [6.45, 7) is 4.47. The molecule has 1 unspecified atom stereocenters. The molecule has 76 valence electrons. The first-order valence-electron chi connectivity index (χ1n) is 4.30. The van der Waals surface area contributed by atoms with E-state index >= 15 is 0 Å². The zero-order valence-corrected chi connectivity index (χ0v) is 9.15. The lowest BCUT2D eigenvalue weighted by Crippen LogP contribution is -2.47. The molecule has 0 aromatic heterocycles. The average Bonchev–Trinajstić information content (AvgIpc) is 2.11. The highest BCUT2D eigenvalue weighted by atomic mass is 32.1. The van der Waals surface area contributed by atoms with E-state index in [0.29, 0.717) is 11.5 Å². The Balaban J connectivity index is 4.01. The summed E-state index contributed by atoms with van der Waals surface area (Å²) in [7, 11) is 1.68. The number of carbonyl (C=O) groups is 1. The smallest absolute Gasteiger partial charge is 0.317 e. The number of amides is 2. The highest BCUT2D eigenvalue weighted by Crippen LogP contribution is 1.96. The molecule has 0 rings (SSSR count).